The predicted molar refractivity (Wildman–Crippen MR) is 89.8 cm³/mol. The summed E-state index contributed by atoms with van der Waals surface area (Å²) < 4.78 is 5.39. The Labute approximate surface area is 134 Å². The van der Waals surface area contributed by atoms with Crippen molar-refractivity contribution < 1.29 is 9.53 Å². The monoisotopic (exact) mass is 313 g/mol. The zero-order chi connectivity index (χ0) is 14.9. The maximum Gasteiger partial charge on any atom is 0.169 e. The van der Waals surface area contributed by atoms with Gasteiger partial charge in [0.05, 0.1) is 13.2 Å². The van der Waals surface area contributed by atoms with Crippen molar-refractivity contribution in [3.05, 3.63) is 42.0 Å². The van der Waals surface area contributed by atoms with E-state index >= 15 is 0 Å². The number of carbonyl (C=O) groups excluding carboxylic acids is 1. The van der Waals surface area contributed by atoms with Gasteiger partial charge in [-0.2, -0.15) is 0 Å². The molecule has 2 aliphatic rings. The zero-order valence-electron chi connectivity index (χ0n) is 12.5. The molecule has 4 rings (SSSR count). The Morgan fingerprint density at radius 1 is 1.14 bits per heavy atom. The van der Waals surface area contributed by atoms with Crippen LogP contribution in [-0.4, -0.2) is 49.3 Å². The average molecular weight is 313 g/mol. The third kappa shape index (κ3) is 2.67. The van der Waals surface area contributed by atoms with Crippen LogP contribution in [0.5, 0.6) is 0 Å². The smallest absolute Gasteiger partial charge is 0.169 e. The molecule has 1 atom stereocenters. The first-order valence-electron chi connectivity index (χ1n) is 7.81. The third-order valence-corrected chi connectivity index (χ3v) is 5.72. The van der Waals surface area contributed by atoms with Crippen molar-refractivity contribution in [1.29, 1.82) is 0 Å². The summed E-state index contributed by atoms with van der Waals surface area (Å²) in [5, 5.41) is 2.37. The first-order chi connectivity index (χ1) is 10.8. The van der Waals surface area contributed by atoms with Crippen LogP contribution in [0.15, 0.2) is 41.3 Å². The number of hydrogen-bond acceptors (Lipinski definition) is 4. The summed E-state index contributed by atoms with van der Waals surface area (Å²) in [6, 6.07) is 12.5. The first kappa shape index (κ1) is 14.2. The Morgan fingerprint density at radius 2 is 1.86 bits per heavy atom. The Balaban J connectivity index is 1.60. The Kier molecular flexibility index (Phi) is 3.90. The molecule has 2 aromatic carbocycles. The lowest BCUT2D eigenvalue weighted by Crippen LogP contribution is -2.42. The van der Waals surface area contributed by atoms with Gasteiger partial charge in [0, 0.05) is 41.8 Å². The van der Waals surface area contributed by atoms with Gasteiger partial charge in [0.15, 0.2) is 5.78 Å². The van der Waals surface area contributed by atoms with Crippen LogP contribution in [0.3, 0.4) is 0 Å². The Bertz CT molecular complexity index is 709. The summed E-state index contributed by atoms with van der Waals surface area (Å²) in [6.45, 7) is 4.32. The van der Waals surface area contributed by atoms with E-state index in [2.05, 4.69) is 29.2 Å². The number of ether oxygens (including phenoxy) is 1. The van der Waals surface area contributed by atoms with Crippen LogP contribution in [0, 0.1) is 5.92 Å². The molecule has 0 aliphatic carbocycles. The van der Waals surface area contributed by atoms with Gasteiger partial charge in [0.2, 0.25) is 0 Å². The normalized spacial score (nSPS) is 22.7. The zero-order valence-corrected chi connectivity index (χ0v) is 13.3. The van der Waals surface area contributed by atoms with Gasteiger partial charge in [-0.15, -0.1) is 11.8 Å². The van der Waals surface area contributed by atoms with Gasteiger partial charge in [-0.05, 0) is 22.9 Å². The van der Waals surface area contributed by atoms with Gasteiger partial charge >= 0.3 is 0 Å². The molecule has 0 bridgehead atoms. The minimum absolute atomic E-state index is 0.108. The molecule has 2 aromatic rings. The van der Waals surface area contributed by atoms with Crippen LogP contribution in [-0.2, 0) is 4.74 Å². The van der Waals surface area contributed by atoms with Crippen LogP contribution in [0.4, 0.5) is 0 Å². The van der Waals surface area contributed by atoms with Crippen molar-refractivity contribution in [2.75, 3.05) is 38.6 Å². The molecule has 3 nitrogen and oxygen atoms in total. The highest BCUT2D eigenvalue weighted by Gasteiger charge is 2.30. The minimum Gasteiger partial charge on any atom is -0.379 e. The van der Waals surface area contributed by atoms with E-state index in [9.17, 15) is 4.79 Å². The lowest BCUT2D eigenvalue weighted by Gasteiger charge is -2.31. The SMILES string of the molecule is O=C1c2cc3ccccc3cc2SCC1CN1CCOCC1. The molecule has 2 heterocycles. The second-order valence-corrected chi connectivity index (χ2v) is 7.04. The Hall–Kier alpha value is -1.36. The number of nitrogens with zero attached hydrogens (tertiary/aromatic N) is 1. The molecular formula is C18H19NO2S. The van der Waals surface area contributed by atoms with Crippen LogP contribution >= 0.6 is 11.8 Å². The molecule has 0 saturated carbocycles. The van der Waals surface area contributed by atoms with Crippen molar-refractivity contribution in [2.24, 2.45) is 5.92 Å². The summed E-state index contributed by atoms with van der Waals surface area (Å²) in [5.74, 6) is 1.31. The quantitative estimate of drug-likeness (QED) is 0.852. The van der Waals surface area contributed by atoms with E-state index in [-0.39, 0.29) is 5.92 Å². The van der Waals surface area contributed by atoms with E-state index < -0.39 is 0 Å². The van der Waals surface area contributed by atoms with Crippen molar-refractivity contribution in [2.45, 2.75) is 4.90 Å². The summed E-state index contributed by atoms with van der Waals surface area (Å²) >= 11 is 1.83. The first-order valence-corrected chi connectivity index (χ1v) is 8.80. The Morgan fingerprint density at radius 3 is 2.64 bits per heavy atom. The molecule has 0 aromatic heterocycles. The highest BCUT2D eigenvalue weighted by molar-refractivity contribution is 7.99. The largest absolute Gasteiger partial charge is 0.379 e. The highest BCUT2D eigenvalue weighted by atomic mass is 32.2. The van der Waals surface area contributed by atoms with Crippen LogP contribution in [0.1, 0.15) is 10.4 Å². The molecule has 2 aliphatic heterocycles. The van der Waals surface area contributed by atoms with E-state index in [0.29, 0.717) is 5.78 Å². The van der Waals surface area contributed by atoms with Gasteiger partial charge in [-0.25, -0.2) is 0 Å². The molecule has 0 radical (unpaired) electrons. The number of ketones is 1. The number of Topliss-reactive ketones (excluding diaryl/α,β-unsaturated/α-hetero) is 1. The molecule has 22 heavy (non-hydrogen) atoms. The van der Waals surface area contributed by atoms with Gasteiger partial charge in [0.25, 0.3) is 0 Å². The van der Waals surface area contributed by atoms with Crippen LogP contribution in [0.2, 0.25) is 0 Å². The third-order valence-electron chi connectivity index (χ3n) is 4.51. The molecule has 0 N–H and O–H groups in total. The molecular weight excluding hydrogens is 294 g/mol. The molecule has 1 unspecified atom stereocenters. The van der Waals surface area contributed by atoms with Gasteiger partial charge in [0.1, 0.15) is 0 Å². The highest BCUT2D eigenvalue weighted by Crippen LogP contribution is 2.36. The number of carbonyl (C=O) groups is 1. The average Bonchev–Trinajstić information content (AvgIpc) is 2.57. The molecule has 1 fully saturated rings. The van der Waals surface area contributed by atoms with Crippen LogP contribution in [0.25, 0.3) is 10.8 Å². The lowest BCUT2D eigenvalue weighted by atomic mass is 9.95. The van der Waals surface area contributed by atoms with Gasteiger partial charge in [-0.3, -0.25) is 9.69 Å². The number of fused-ring (bicyclic) bond motifs is 2. The van der Waals surface area contributed by atoms with Crippen LogP contribution < -0.4 is 0 Å². The maximum atomic E-state index is 12.9. The molecule has 0 amide bonds. The van der Waals surface area contributed by atoms with E-state index in [1.165, 1.54) is 5.39 Å². The predicted octanol–water partition coefficient (Wildman–Crippen LogP) is 3.08. The molecule has 114 valence electrons. The maximum absolute atomic E-state index is 12.9. The van der Waals surface area contributed by atoms with E-state index in [4.69, 9.17) is 4.74 Å². The number of morpholine rings is 1. The molecule has 1 saturated heterocycles. The van der Waals surface area contributed by atoms with Crippen molar-refractivity contribution in [1.82, 2.24) is 4.90 Å². The minimum atomic E-state index is 0.108. The van der Waals surface area contributed by atoms with Crippen molar-refractivity contribution in [3.8, 4) is 0 Å². The standard InChI is InChI=1S/C18H19NO2S/c20-18-15(11-19-5-7-21-8-6-19)12-22-17-10-14-4-2-1-3-13(14)9-16(17)18/h1-4,9-10,15H,5-8,11-12H2. The van der Waals surface area contributed by atoms with E-state index in [0.717, 1.165) is 54.4 Å². The fraction of sp³-hybridized carbons (Fsp3) is 0.389. The van der Waals surface area contributed by atoms with E-state index in [1.54, 1.807) is 0 Å². The lowest BCUT2D eigenvalue weighted by molar-refractivity contribution is 0.0314. The summed E-state index contributed by atoms with van der Waals surface area (Å²) in [7, 11) is 0. The second-order valence-electron chi connectivity index (χ2n) is 5.98. The van der Waals surface area contributed by atoms with E-state index in [1.807, 2.05) is 23.9 Å². The topological polar surface area (TPSA) is 29.5 Å². The number of hydrogen-bond donors (Lipinski definition) is 0. The van der Waals surface area contributed by atoms with Gasteiger partial charge in [-0.1, -0.05) is 24.3 Å². The summed E-state index contributed by atoms with van der Waals surface area (Å²) in [5.41, 5.74) is 0.910. The number of thioether (sulfide) groups is 1. The van der Waals surface area contributed by atoms with Crippen molar-refractivity contribution >= 4 is 28.3 Å². The summed E-state index contributed by atoms with van der Waals surface area (Å²) in [4.78, 5) is 16.4. The van der Waals surface area contributed by atoms with Crippen molar-refractivity contribution in [3.63, 3.8) is 0 Å². The fourth-order valence-electron chi connectivity index (χ4n) is 3.25. The fourth-order valence-corrected chi connectivity index (χ4v) is 4.41. The number of rotatable bonds is 2. The number of benzene rings is 2. The summed E-state index contributed by atoms with van der Waals surface area (Å²) in [6.07, 6.45) is 0. The van der Waals surface area contributed by atoms with Gasteiger partial charge < -0.3 is 4.74 Å². The molecule has 4 heteroatoms. The molecule has 0 spiro atoms. The second kappa shape index (κ2) is 6.03.